The van der Waals surface area contributed by atoms with Crippen molar-refractivity contribution in [3.63, 3.8) is 0 Å². The number of aliphatic hydroxyl groups is 2. The Bertz CT molecular complexity index is 967. The van der Waals surface area contributed by atoms with Crippen LogP contribution in [0.25, 0.3) is 0 Å². The highest BCUT2D eigenvalue weighted by Crippen LogP contribution is 2.72. The van der Waals surface area contributed by atoms with Gasteiger partial charge in [0.05, 0.1) is 12.0 Å². The molecule has 0 aromatic heterocycles. The summed E-state index contributed by atoms with van der Waals surface area (Å²) in [5.74, 6) is -3.73. The summed E-state index contributed by atoms with van der Waals surface area (Å²) >= 11 is 0.608. The molecule has 33 heavy (non-hydrogen) atoms. The molecule has 0 spiro atoms. The number of halogens is 2. The molecular weight excluding hydrogens is 454 g/mol. The van der Waals surface area contributed by atoms with Crippen molar-refractivity contribution in [1.29, 1.82) is 0 Å². The molecule has 3 saturated carbocycles. The number of esters is 1. The lowest BCUT2D eigenvalue weighted by Crippen LogP contribution is -2.70. The molecule has 4 aliphatic rings. The number of rotatable bonds is 3. The van der Waals surface area contributed by atoms with Crippen molar-refractivity contribution in [2.75, 3.05) is 5.94 Å². The van der Waals surface area contributed by atoms with Gasteiger partial charge in [-0.1, -0.05) is 31.7 Å². The first-order valence-electron chi connectivity index (χ1n) is 11.2. The third-order valence-corrected chi connectivity index (χ3v) is 9.67. The van der Waals surface area contributed by atoms with Crippen LogP contribution in [0.4, 0.5) is 8.78 Å². The molecule has 0 radical (unpaired) electrons. The van der Waals surface area contributed by atoms with Crippen LogP contribution < -0.4 is 0 Å². The summed E-state index contributed by atoms with van der Waals surface area (Å²) in [5.41, 5.74) is -6.64. The van der Waals surface area contributed by atoms with Crippen molar-refractivity contribution in [2.24, 2.45) is 28.6 Å². The number of ether oxygens (including phenoxy) is 1. The second-order valence-corrected chi connectivity index (χ2v) is 11.3. The van der Waals surface area contributed by atoms with E-state index in [2.05, 4.69) is 0 Å². The maximum atomic E-state index is 17.2. The predicted molar refractivity (Wildman–Crippen MR) is 117 cm³/mol. The Morgan fingerprint density at radius 3 is 2.55 bits per heavy atom. The van der Waals surface area contributed by atoms with Gasteiger partial charge in [0.25, 0.3) is 0 Å². The number of hydrogen-bond donors (Lipinski definition) is 2. The molecule has 0 aromatic rings. The van der Waals surface area contributed by atoms with Gasteiger partial charge in [-0.3, -0.25) is 14.4 Å². The molecule has 0 amide bonds. The van der Waals surface area contributed by atoms with E-state index in [9.17, 15) is 24.6 Å². The van der Waals surface area contributed by atoms with Gasteiger partial charge < -0.3 is 14.9 Å². The maximum Gasteiger partial charge on any atom is 0.303 e. The van der Waals surface area contributed by atoms with Crippen molar-refractivity contribution < 1.29 is 38.1 Å². The minimum absolute atomic E-state index is 0.0283. The van der Waals surface area contributed by atoms with Gasteiger partial charge in [0, 0.05) is 29.6 Å². The fraction of sp³-hybridized carbons (Fsp3) is 0.708. The van der Waals surface area contributed by atoms with E-state index in [4.69, 9.17) is 4.74 Å². The van der Waals surface area contributed by atoms with Crippen LogP contribution in [-0.4, -0.2) is 56.6 Å². The first-order valence-corrected chi connectivity index (χ1v) is 12.2. The number of thioether (sulfide) groups is 1. The van der Waals surface area contributed by atoms with Gasteiger partial charge in [-0.2, -0.15) is 0 Å². The van der Waals surface area contributed by atoms with Crippen LogP contribution in [-0.2, 0) is 19.1 Å². The molecule has 4 aliphatic carbocycles. The molecule has 0 bridgehead atoms. The van der Waals surface area contributed by atoms with Crippen LogP contribution in [0.3, 0.4) is 0 Å². The highest BCUT2D eigenvalue weighted by Gasteiger charge is 2.78. The molecule has 2 N–H and O–H groups in total. The maximum absolute atomic E-state index is 17.2. The second kappa shape index (κ2) is 7.71. The highest BCUT2D eigenvalue weighted by molar-refractivity contribution is 8.13. The monoisotopic (exact) mass is 484 g/mol. The van der Waals surface area contributed by atoms with E-state index in [0.717, 1.165) is 6.08 Å². The van der Waals surface area contributed by atoms with Crippen LogP contribution >= 0.6 is 11.8 Å². The Morgan fingerprint density at radius 1 is 1.27 bits per heavy atom. The van der Waals surface area contributed by atoms with Gasteiger partial charge in [-0.05, 0) is 49.8 Å². The van der Waals surface area contributed by atoms with Crippen molar-refractivity contribution in [1.82, 2.24) is 0 Å². The summed E-state index contributed by atoms with van der Waals surface area (Å²) in [6, 6.07) is 0. The summed E-state index contributed by atoms with van der Waals surface area (Å²) < 4.78 is 38.4. The average Bonchev–Trinajstić information content (AvgIpc) is 2.93. The summed E-state index contributed by atoms with van der Waals surface area (Å²) in [4.78, 5) is 37.4. The zero-order chi connectivity index (χ0) is 24.6. The Balaban J connectivity index is 1.88. The SMILES string of the molecule is CC(=O)O[C@]1(C(=O)SCO)[C@H](C)C[C@H]2C3C[C@H](F)C4=CC(=O)C=C[C@]4(C)[C@@]3(F)[C@@H](O)C[C@@]21C. The van der Waals surface area contributed by atoms with Gasteiger partial charge in [0.2, 0.25) is 5.12 Å². The van der Waals surface area contributed by atoms with Gasteiger partial charge in [0.15, 0.2) is 17.1 Å². The molecule has 0 saturated heterocycles. The summed E-state index contributed by atoms with van der Waals surface area (Å²) in [6.07, 6.45) is 0.354. The fourth-order valence-corrected chi connectivity index (χ4v) is 8.42. The largest absolute Gasteiger partial charge is 0.449 e. The van der Waals surface area contributed by atoms with Crippen molar-refractivity contribution >= 4 is 28.6 Å². The highest BCUT2D eigenvalue weighted by atomic mass is 32.2. The Morgan fingerprint density at radius 2 is 1.94 bits per heavy atom. The van der Waals surface area contributed by atoms with Gasteiger partial charge in [-0.15, -0.1) is 0 Å². The molecule has 0 aliphatic heterocycles. The Hall–Kier alpha value is -1.58. The third kappa shape index (κ3) is 2.94. The molecule has 4 rings (SSSR count). The Kier molecular flexibility index (Phi) is 5.74. The van der Waals surface area contributed by atoms with Crippen LogP contribution in [0.1, 0.15) is 47.0 Å². The smallest absolute Gasteiger partial charge is 0.303 e. The molecule has 3 fully saturated rings. The number of fused-ring (bicyclic) bond motifs is 5. The van der Waals surface area contributed by atoms with Crippen molar-refractivity contribution in [3.05, 3.63) is 23.8 Å². The molecule has 1 unspecified atom stereocenters. The number of carbonyl (C=O) groups is 3. The molecule has 6 nitrogen and oxygen atoms in total. The van der Waals surface area contributed by atoms with Gasteiger partial charge >= 0.3 is 5.97 Å². The number of ketones is 1. The topological polar surface area (TPSA) is 101 Å². The van der Waals surface area contributed by atoms with Gasteiger partial charge in [0.1, 0.15) is 6.17 Å². The molecular formula is C24H30F2O6S. The van der Waals surface area contributed by atoms with Crippen molar-refractivity contribution in [2.45, 2.75) is 70.5 Å². The molecule has 9 heteroatoms. The van der Waals surface area contributed by atoms with Crippen LogP contribution in [0.15, 0.2) is 23.8 Å². The van der Waals surface area contributed by atoms with E-state index in [-0.39, 0.29) is 24.8 Å². The standard InChI is InChI=1S/C24H30F2O6S/c1-12-7-15-16-9-18(25)17-8-14(29)5-6-21(17,3)23(16,26)19(30)10-22(15,4)24(12,32-13(2)28)20(31)33-11-27/h5-6,8,12,15-16,18-19,27,30H,7,9-11H2,1-4H3/t12-,15+,16?,18+,19+,21+,22+,23+,24+/m1/s1. The normalized spacial score (nSPS) is 48.4. The quantitative estimate of drug-likeness (QED) is 0.469. The third-order valence-electron chi connectivity index (χ3n) is 8.97. The van der Waals surface area contributed by atoms with Crippen LogP contribution in [0, 0.1) is 28.6 Å². The lowest BCUT2D eigenvalue weighted by atomic mass is 9.44. The van der Waals surface area contributed by atoms with E-state index in [1.54, 1.807) is 13.8 Å². The predicted octanol–water partition coefficient (Wildman–Crippen LogP) is 3.06. The van der Waals surface area contributed by atoms with Crippen LogP contribution in [0.5, 0.6) is 0 Å². The van der Waals surface area contributed by atoms with E-state index in [1.807, 2.05) is 0 Å². The number of carbonyl (C=O) groups excluding carboxylic acids is 3. The first kappa shape index (κ1) is 24.5. The lowest BCUT2D eigenvalue weighted by molar-refractivity contribution is -0.228. The van der Waals surface area contributed by atoms with E-state index in [1.165, 1.54) is 26.0 Å². The van der Waals surface area contributed by atoms with E-state index in [0.29, 0.717) is 11.8 Å². The minimum Gasteiger partial charge on any atom is -0.449 e. The Labute approximate surface area is 195 Å². The first-order chi connectivity index (χ1) is 15.3. The summed E-state index contributed by atoms with van der Waals surface area (Å²) in [7, 11) is 0. The molecule has 182 valence electrons. The number of aliphatic hydroxyl groups excluding tert-OH is 2. The minimum atomic E-state index is -2.28. The van der Waals surface area contributed by atoms with Crippen LogP contribution in [0.2, 0.25) is 0 Å². The zero-order valence-electron chi connectivity index (χ0n) is 19.1. The average molecular weight is 485 g/mol. The number of hydrogen-bond acceptors (Lipinski definition) is 7. The second-order valence-electron chi connectivity index (χ2n) is 10.4. The summed E-state index contributed by atoms with van der Waals surface area (Å²) in [6.45, 7) is 6.12. The fourth-order valence-electron chi connectivity index (χ4n) is 7.61. The zero-order valence-corrected chi connectivity index (χ0v) is 20.0. The number of allylic oxidation sites excluding steroid dienone is 4. The van der Waals surface area contributed by atoms with E-state index >= 15 is 8.78 Å². The molecule has 0 aromatic carbocycles. The lowest BCUT2D eigenvalue weighted by Gasteiger charge is -2.63. The van der Waals surface area contributed by atoms with E-state index < -0.39 is 74.9 Å². The number of alkyl halides is 2. The molecule has 9 atom stereocenters. The summed E-state index contributed by atoms with van der Waals surface area (Å²) in [5, 5.41) is 20.2. The van der Waals surface area contributed by atoms with Crippen molar-refractivity contribution in [3.8, 4) is 0 Å². The molecule has 0 heterocycles. The van der Waals surface area contributed by atoms with Gasteiger partial charge in [-0.25, -0.2) is 8.78 Å².